The van der Waals surface area contributed by atoms with Crippen LogP contribution in [-0.4, -0.2) is 68.2 Å². The second-order valence-electron chi connectivity index (χ2n) is 7.84. The highest BCUT2D eigenvalue weighted by molar-refractivity contribution is 6.30. The van der Waals surface area contributed by atoms with Gasteiger partial charge in [-0.2, -0.15) is 0 Å². The lowest BCUT2D eigenvalue weighted by atomic mass is 10.1. The van der Waals surface area contributed by atoms with Crippen molar-refractivity contribution in [3.05, 3.63) is 64.7 Å². The molecule has 154 valence electrons. The number of aldehydes is 1. The van der Waals surface area contributed by atoms with Crippen molar-refractivity contribution in [2.45, 2.75) is 25.2 Å². The lowest BCUT2D eigenvalue weighted by Gasteiger charge is -2.43. The molecule has 0 N–H and O–H groups in total. The first-order chi connectivity index (χ1) is 14.2. The van der Waals surface area contributed by atoms with E-state index in [1.165, 1.54) is 11.1 Å². The molecule has 2 aromatic rings. The van der Waals surface area contributed by atoms with Gasteiger partial charge in [0.25, 0.3) is 0 Å². The highest BCUT2D eigenvalue weighted by Crippen LogP contribution is 2.34. The van der Waals surface area contributed by atoms with Gasteiger partial charge in [-0.3, -0.25) is 14.6 Å². The SMILES string of the molecule is COC[C@@H]1Cc2ccccc2N1C(C=O)N1CCN(Cc2ccc(Cl)cc2)CC1. The number of methoxy groups -OCH3 is 1. The van der Waals surface area contributed by atoms with Crippen molar-refractivity contribution in [2.24, 2.45) is 0 Å². The van der Waals surface area contributed by atoms with E-state index in [0.717, 1.165) is 56.1 Å². The molecule has 2 aliphatic rings. The van der Waals surface area contributed by atoms with Crippen LogP contribution in [0, 0.1) is 0 Å². The lowest BCUT2D eigenvalue weighted by molar-refractivity contribution is -0.113. The van der Waals surface area contributed by atoms with Gasteiger partial charge in [-0.1, -0.05) is 41.9 Å². The van der Waals surface area contributed by atoms with Gasteiger partial charge in [0.15, 0.2) is 6.29 Å². The predicted octanol–water partition coefficient (Wildman–Crippen LogP) is 3.06. The molecule has 0 saturated carbocycles. The minimum atomic E-state index is -0.253. The first kappa shape index (κ1) is 20.4. The van der Waals surface area contributed by atoms with Crippen molar-refractivity contribution < 1.29 is 9.53 Å². The molecule has 0 radical (unpaired) electrons. The van der Waals surface area contributed by atoms with Crippen LogP contribution in [0.5, 0.6) is 0 Å². The second-order valence-corrected chi connectivity index (χ2v) is 8.27. The molecule has 0 aromatic heterocycles. The number of halogens is 1. The first-order valence-electron chi connectivity index (χ1n) is 10.2. The molecule has 0 spiro atoms. The molecule has 1 fully saturated rings. The standard InChI is InChI=1S/C23H28ClN3O2/c1-29-17-21-14-19-4-2-3-5-22(19)27(21)23(16-28)26-12-10-25(11-13-26)15-18-6-8-20(24)9-7-18/h2-9,16,21,23H,10-15,17H2,1H3/t21-,23?/m0/s1. The van der Waals surface area contributed by atoms with Crippen LogP contribution in [-0.2, 0) is 22.5 Å². The van der Waals surface area contributed by atoms with Gasteiger partial charge < -0.3 is 9.64 Å². The Labute approximate surface area is 177 Å². The van der Waals surface area contributed by atoms with E-state index in [9.17, 15) is 4.79 Å². The average Bonchev–Trinajstić information content (AvgIpc) is 3.10. The maximum absolute atomic E-state index is 12.2. The largest absolute Gasteiger partial charge is 0.383 e. The number of benzene rings is 2. The Hall–Kier alpha value is -1.92. The fraction of sp³-hybridized carbons (Fsp3) is 0.435. The van der Waals surface area contributed by atoms with Gasteiger partial charge in [0.05, 0.1) is 12.6 Å². The second kappa shape index (κ2) is 9.26. The minimum absolute atomic E-state index is 0.194. The van der Waals surface area contributed by atoms with Crippen LogP contribution in [0.2, 0.25) is 5.02 Å². The van der Waals surface area contributed by atoms with Crippen LogP contribution in [0.1, 0.15) is 11.1 Å². The van der Waals surface area contributed by atoms with Crippen LogP contribution in [0.3, 0.4) is 0 Å². The van der Waals surface area contributed by atoms with E-state index in [-0.39, 0.29) is 12.2 Å². The summed E-state index contributed by atoms with van der Waals surface area (Å²) in [4.78, 5) is 19.2. The molecule has 0 aliphatic carbocycles. The predicted molar refractivity (Wildman–Crippen MR) is 116 cm³/mol. The molecule has 6 heteroatoms. The van der Waals surface area contributed by atoms with Crippen molar-refractivity contribution in [1.29, 1.82) is 0 Å². The molecule has 2 heterocycles. The number of hydrogen-bond donors (Lipinski definition) is 0. The summed E-state index contributed by atoms with van der Waals surface area (Å²) in [6.07, 6.45) is 1.77. The molecular formula is C23H28ClN3O2. The lowest BCUT2D eigenvalue weighted by Crippen LogP contribution is -2.58. The smallest absolute Gasteiger partial charge is 0.157 e. The third-order valence-electron chi connectivity index (χ3n) is 5.98. The summed E-state index contributed by atoms with van der Waals surface area (Å²) in [5.41, 5.74) is 3.72. The molecule has 2 aromatic carbocycles. The number of rotatable bonds is 7. The number of para-hydroxylation sites is 1. The quantitative estimate of drug-likeness (QED) is 0.652. The van der Waals surface area contributed by atoms with Crippen molar-refractivity contribution in [1.82, 2.24) is 9.80 Å². The number of piperazine rings is 1. The Balaban J connectivity index is 1.43. The Morgan fingerprint density at radius 1 is 1.10 bits per heavy atom. The van der Waals surface area contributed by atoms with Crippen LogP contribution in [0.4, 0.5) is 5.69 Å². The molecular weight excluding hydrogens is 386 g/mol. The van der Waals surface area contributed by atoms with Gasteiger partial charge in [-0.05, 0) is 35.7 Å². The van der Waals surface area contributed by atoms with Crippen LogP contribution >= 0.6 is 11.6 Å². The highest BCUT2D eigenvalue weighted by atomic mass is 35.5. The number of carbonyl (C=O) groups excluding carboxylic acids is 1. The number of fused-ring (bicyclic) bond motifs is 1. The zero-order chi connectivity index (χ0) is 20.2. The van der Waals surface area contributed by atoms with E-state index >= 15 is 0 Å². The number of ether oxygens (including phenoxy) is 1. The molecule has 5 nitrogen and oxygen atoms in total. The maximum Gasteiger partial charge on any atom is 0.157 e. The minimum Gasteiger partial charge on any atom is -0.383 e. The van der Waals surface area contributed by atoms with Crippen molar-refractivity contribution >= 4 is 23.6 Å². The number of nitrogens with zero attached hydrogens (tertiary/aromatic N) is 3. The molecule has 0 amide bonds. The zero-order valence-corrected chi connectivity index (χ0v) is 17.6. The molecule has 2 atom stereocenters. The number of hydrogen-bond acceptors (Lipinski definition) is 5. The molecule has 2 aliphatic heterocycles. The summed E-state index contributed by atoms with van der Waals surface area (Å²) < 4.78 is 5.47. The Morgan fingerprint density at radius 2 is 1.83 bits per heavy atom. The van der Waals surface area contributed by atoms with Gasteiger partial charge in [0.2, 0.25) is 0 Å². The van der Waals surface area contributed by atoms with Gasteiger partial charge in [0.1, 0.15) is 6.17 Å². The summed E-state index contributed by atoms with van der Waals surface area (Å²) >= 11 is 5.99. The van der Waals surface area contributed by atoms with Gasteiger partial charge in [-0.25, -0.2) is 0 Å². The van der Waals surface area contributed by atoms with Gasteiger partial charge in [-0.15, -0.1) is 0 Å². The fourth-order valence-electron chi connectivity index (χ4n) is 4.54. The van der Waals surface area contributed by atoms with Gasteiger partial charge >= 0.3 is 0 Å². The number of anilines is 1. The molecule has 0 bridgehead atoms. The van der Waals surface area contributed by atoms with E-state index in [4.69, 9.17) is 16.3 Å². The molecule has 29 heavy (non-hydrogen) atoms. The first-order valence-corrected chi connectivity index (χ1v) is 10.6. The van der Waals surface area contributed by atoms with Crippen LogP contribution in [0.15, 0.2) is 48.5 Å². The van der Waals surface area contributed by atoms with Crippen molar-refractivity contribution in [2.75, 3.05) is 44.8 Å². The van der Waals surface area contributed by atoms with Crippen molar-refractivity contribution in [3.8, 4) is 0 Å². The Bertz CT molecular complexity index is 821. The van der Waals surface area contributed by atoms with E-state index in [1.807, 2.05) is 18.2 Å². The number of carbonyl (C=O) groups is 1. The fourth-order valence-corrected chi connectivity index (χ4v) is 4.66. The Morgan fingerprint density at radius 3 is 2.52 bits per heavy atom. The summed E-state index contributed by atoms with van der Waals surface area (Å²) in [5, 5.41) is 0.768. The monoisotopic (exact) mass is 413 g/mol. The van der Waals surface area contributed by atoms with Crippen molar-refractivity contribution in [3.63, 3.8) is 0 Å². The van der Waals surface area contributed by atoms with Crippen LogP contribution in [0.25, 0.3) is 0 Å². The summed E-state index contributed by atoms with van der Waals surface area (Å²) in [6, 6.07) is 16.6. The van der Waals surface area contributed by atoms with Gasteiger partial charge in [0, 0.05) is 50.5 Å². The maximum atomic E-state index is 12.2. The van der Waals surface area contributed by atoms with E-state index in [2.05, 4.69) is 45.0 Å². The Kier molecular flexibility index (Phi) is 6.50. The average molecular weight is 414 g/mol. The topological polar surface area (TPSA) is 36.0 Å². The third kappa shape index (κ3) is 4.48. The highest BCUT2D eigenvalue weighted by Gasteiger charge is 2.37. The molecule has 1 unspecified atom stereocenters. The van der Waals surface area contributed by atoms with E-state index in [1.54, 1.807) is 7.11 Å². The third-order valence-corrected chi connectivity index (χ3v) is 6.24. The summed E-state index contributed by atoms with van der Waals surface area (Å²) in [6.45, 7) is 5.16. The van der Waals surface area contributed by atoms with E-state index in [0.29, 0.717) is 6.61 Å². The molecule has 4 rings (SSSR count). The summed E-state index contributed by atoms with van der Waals surface area (Å²) in [7, 11) is 1.73. The molecule has 1 saturated heterocycles. The summed E-state index contributed by atoms with van der Waals surface area (Å²) in [5.74, 6) is 0. The van der Waals surface area contributed by atoms with Crippen LogP contribution < -0.4 is 4.90 Å². The zero-order valence-electron chi connectivity index (χ0n) is 16.8. The normalized spacial score (nSPS) is 21.2. The van der Waals surface area contributed by atoms with E-state index < -0.39 is 0 Å².